The van der Waals surface area contributed by atoms with Crippen LogP contribution >= 0.6 is 0 Å². The van der Waals surface area contributed by atoms with Crippen molar-refractivity contribution in [2.24, 2.45) is 5.41 Å². The van der Waals surface area contributed by atoms with E-state index in [-0.39, 0.29) is 11.2 Å². The smallest absolute Gasteiger partial charge is 0.126 e. The Morgan fingerprint density at radius 1 is 1.29 bits per heavy atom. The zero-order valence-corrected chi connectivity index (χ0v) is 9.10. The fourth-order valence-corrected chi connectivity index (χ4v) is 2.51. The highest BCUT2D eigenvalue weighted by atomic mass is 19.1. The average Bonchev–Trinajstić information content (AvgIpc) is 2.47. The molecule has 0 amide bonds. The molecule has 1 heteroatoms. The Hall–Kier alpha value is -0.850. The van der Waals surface area contributed by atoms with Gasteiger partial charge >= 0.3 is 0 Å². The first-order chi connectivity index (χ1) is 6.50. The van der Waals surface area contributed by atoms with Gasteiger partial charge in [0.25, 0.3) is 0 Å². The molecule has 0 saturated heterocycles. The van der Waals surface area contributed by atoms with Crippen LogP contribution in [0.25, 0.3) is 0 Å². The minimum Gasteiger partial charge on any atom is -0.207 e. The van der Waals surface area contributed by atoms with Crippen molar-refractivity contribution in [1.82, 2.24) is 0 Å². The quantitative estimate of drug-likeness (QED) is 0.584. The van der Waals surface area contributed by atoms with Gasteiger partial charge in [-0.05, 0) is 41.4 Å². The van der Waals surface area contributed by atoms with E-state index in [4.69, 9.17) is 0 Å². The molecule has 1 unspecified atom stereocenters. The first kappa shape index (κ1) is 9.70. The number of hydrogen-bond acceptors (Lipinski definition) is 0. The van der Waals surface area contributed by atoms with Gasteiger partial charge in [-0.1, -0.05) is 32.9 Å². The minimum absolute atomic E-state index is 0.0192. The Labute approximate surface area is 85.1 Å². The Kier molecular flexibility index (Phi) is 2.13. The summed E-state index contributed by atoms with van der Waals surface area (Å²) in [5.74, 6) is 0.502. The van der Waals surface area contributed by atoms with E-state index in [1.807, 2.05) is 6.07 Å². The van der Waals surface area contributed by atoms with Gasteiger partial charge in [0.2, 0.25) is 0 Å². The number of benzene rings is 1. The summed E-state index contributed by atoms with van der Waals surface area (Å²) >= 11 is 0. The Morgan fingerprint density at radius 2 is 2.00 bits per heavy atom. The van der Waals surface area contributed by atoms with Crippen LogP contribution in [-0.4, -0.2) is 0 Å². The highest BCUT2D eigenvalue weighted by Crippen LogP contribution is 2.45. The fourth-order valence-electron chi connectivity index (χ4n) is 2.51. The molecule has 2 rings (SSSR count). The molecule has 0 bridgehead atoms. The molecule has 14 heavy (non-hydrogen) atoms. The fraction of sp³-hybridized carbons (Fsp3) is 0.538. The maximum Gasteiger partial charge on any atom is 0.126 e. The van der Waals surface area contributed by atoms with Gasteiger partial charge in [-0.15, -0.1) is 0 Å². The van der Waals surface area contributed by atoms with Crippen LogP contribution in [-0.2, 0) is 6.42 Å². The molecular weight excluding hydrogens is 175 g/mol. The van der Waals surface area contributed by atoms with Crippen LogP contribution < -0.4 is 0 Å². The van der Waals surface area contributed by atoms with Gasteiger partial charge in [0.15, 0.2) is 0 Å². The largest absolute Gasteiger partial charge is 0.207 e. The highest BCUT2D eigenvalue weighted by Gasteiger charge is 2.33. The zero-order chi connectivity index (χ0) is 10.3. The molecule has 0 aromatic heterocycles. The van der Waals surface area contributed by atoms with Crippen molar-refractivity contribution in [2.75, 3.05) is 0 Å². The second kappa shape index (κ2) is 3.08. The average molecular weight is 192 g/mol. The third kappa shape index (κ3) is 1.45. The van der Waals surface area contributed by atoms with Gasteiger partial charge in [0, 0.05) is 0 Å². The molecule has 1 atom stereocenters. The molecule has 1 aromatic rings. The van der Waals surface area contributed by atoms with E-state index in [0.717, 1.165) is 18.4 Å². The van der Waals surface area contributed by atoms with Gasteiger partial charge in [0.1, 0.15) is 5.82 Å². The maximum atomic E-state index is 13.5. The van der Waals surface area contributed by atoms with E-state index in [1.165, 1.54) is 5.56 Å². The van der Waals surface area contributed by atoms with Crippen LogP contribution in [0.4, 0.5) is 4.39 Å². The summed E-state index contributed by atoms with van der Waals surface area (Å²) < 4.78 is 13.5. The van der Waals surface area contributed by atoms with Crippen molar-refractivity contribution < 1.29 is 4.39 Å². The molecule has 0 nitrogen and oxygen atoms in total. The first-order valence-electron chi connectivity index (χ1n) is 5.27. The molecule has 0 N–H and O–H groups in total. The van der Waals surface area contributed by atoms with Gasteiger partial charge in [0.05, 0.1) is 0 Å². The predicted molar refractivity (Wildman–Crippen MR) is 56.9 cm³/mol. The Morgan fingerprint density at radius 3 is 2.64 bits per heavy atom. The number of fused-ring (bicyclic) bond motifs is 1. The van der Waals surface area contributed by atoms with Crippen LogP contribution in [0.3, 0.4) is 0 Å². The Balaban J connectivity index is 2.45. The third-order valence-electron chi connectivity index (χ3n) is 3.26. The molecule has 0 fully saturated rings. The minimum atomic E-state index is -0.0192. The van der Waals surface area contributed by atoms with E-state index in [1.54, 1.807) is 6.07 Å². The summed E-state index contributed by atoms with van der Waals surface area (Å²) in [6, 6.07) is 5.49. The molecule has 0 spiro atoms. The molecule has 1 aromatic carbocycles. The van der Waals surface area contributed by atoms with Crippen molar-refractivity contribution in [3.05, 3.63) is 35.1 Å². The van der Waals surface area contributed by atoms with Gasteiger partial charge in [-0.25, -0.2) is 4.39 Å². The van der Waals surface area contributed by atoms with E-state index in [2.05, 4.69) is 26.8 Å². The summed E-state index contributed by atoms with van der Waals surface area (Å²) in [5.41, 5.74) is 2.43. The van der Waals surface area contributed by atoms with Gasteiger partial charge in [-0.2, -0.15) is 0 Å². The van der Waals surface area contributed by atoms with Crippen molar-refractivity contribution in [2.45, 2.75) is 39.5 Å². The molecule has 0 aliphatic heterocycles. The van der Waals surface area contributed by atoms with E-state index < -0.39 is 0 Å². The molecule has 76 valence electrons. The van der Waals surface area contributed by atoms with Crippen LogP contribution in [0.2, 0.25) is 0 Å². The molecular formula is C13H17F. The van der Waals surface area contributed by atoms with Crippen LogP contribution in [0.5, 0.6) is 0 Å². The summed E-state index contributed by atoms with van der Waals surface area (Å²) in [5, 5.41) is 0. The first-order valence-corrected chi connectivity index (χ1v) is 5.27. The lowest BCUT2D eigenvalue weighted by molar-refractivity contribution is 0.319. The lowest BCUT2D eigenvalue weighted by Crippen LogP contribution is -2.15. The second-order valence-corrected chi connectivity index (χ2v) is 5.26. The molecule has 0 heterocycles. The van der Waals surface area contributed by atoms with Crippen molar-refractivity contribution in [3.63, 3.8) is 0 Å². The van der Waals surface area contributed by atoms with Crippen LogP contribution in [0.15, 0.2) is 18.2 Å². The molecule has 1 aliphatic rings. The molecule has 0 saturated carbocycles. The van der Waals surface area contributed by atoms with E-state index in [9.17, 15) is 4.39 Å². The van der Waals surface area contributed by atoms with Crippen LogP contribution in [0, 0.1) is 11.2 Å². The van der Waals surface area contributed by atoms with Gasteiger partial charge < -0.3 is 0 Å². The maximum absolute atomic E-state index is 13.5. The topological polar surface area (TPSA) is 0 Å². The summed E-state index contributed by atoms with van der Waals surface area (Å²) in [4.78, 5) is 0. The number of rotatable bonds is 0. The third-order valence-corrected chi connectivity index (χ3v) is 3.26. The molecule has 1 aliphatic carbocycles. The summed E-state index contributed by atoms with van der Waals surface area (Å²) in [7, 11) is 0. The zero-order valence-electron chi connectivity index (χ0n) is 9.10. The highest BCUT2D eigenvalue weighted by molar-refractivity contribution is 5.37. The summed E-state index contributed by atoms with van der Waals surface area (Å²) in [6.45, 7) is 6.70. The second-order valence-electron chi connectivity index (χ2n) is 5.26. The van der Waals surface area contributed by atoms with Crippen molar-refractivity contribution >= 4 is 0 Å². The number of hydrogen-bond donors (Lipinski definition) is 0. The van der Waals surface area contributed by atoms with E-state index >= 15 is 0 Å². The van der Waals surface area contributed by atoms with Crippen molar-refractivity contribution in [3.8, 4) is 0 Å². The lowest BCUT2D eigenvalue weighted by atomic mass is 9.77. The normalized spacial score (nSPS) is 21.0. The van der Waals surface area contributed by atoms with Crippen molar-refractivity contribution in [1.29, 1.82) is 0 Å². The van der Waals surface area contributed by atoms with E-state index in [0.29, 0.717) is 5.92 Å². The monoisotopic (exact) mass is 192 g/mol. The molecule has 0 radical (unpaired) electrons. The number of halogens is 1. The van der Waals surface area contributed by atoms with Crippen LogP contribution in [0.1, 0.15) is 44.2 Å². The Bertz CT molecular complexity index is 347. The standard InChI is InChI=1S/C13H17F/c1-13(2,3)11-8-7-10-9(11)5-4-6-12(10)14/h4-6,11H,7-8H2,1-3H3. The van der Waals surface area contributed by atoms with Gasteiger partial charge in [-0.3, -0.25) is 0 Å². The SMILES string of the molecule is CC(C)(C)C1CCc2c(F)cccc21. The predicted octanol–water partition coefficient (Wildman–Crippen LogP) is 3.90. The lowest BCUT2D eigenvalue weighted by Gasteiger charge is -2.27. The summed E-state index contributed by atoms with van der Waals surface area (Å²) in [6.07, 6.45) is 2.00.